The van der Waals surface area contributed by atoms with Crippen LogP contribution in [-0.2, 0) is 0 Å². The van der Waals surface area contributed by atoms with Gasteiger partial charge < -0.3 is 15.2 Å². The van der Waals surface area contributed by atoms with E-state index >= 15 is 0 Å². The van der Waals surface area contributed by atoms with Gasteiger partial charge in [-0.05, 0) is 38.3 Å². The molecule has 3 nitrogen and oxygen atoms in total. The van der Waals surface area contributed by atoms with Crippen LogP contribution >= 0.6 is 0 Å². The molecule has 1 atom stereocenters. The lowest BCUT2D eigenvalue weighted by Gasteiger charge is -2.34. The van der Waals surface area contributed by atoms with Crippen LogP contribution in [0.4, 0.5) is 0 Å². The van der Waals surface area contributed by atoms with Crippen LogP contribution in [0, 0.1) is 6.92 Å². The minimum absolute atomic E-state index is 0.111. The Morgan fingerprint density at radius 2 is 2.12 bits per heavy atom. The molecule has 0 radical (unpaired) electrons. The summed E-state index contributed by atoms with van der Waals surface area (Å²) in [6.07, 6.45) is 1.61. The number of benzene rings is 1. The van der Waals surface area contributed by atoms with Crippen molar-refractivity contribution in [1.29, 1.82) is 0 Å². The summed E-state index contributed by atoms with van der Waals surface area (Å²) in [5, 5.41) is 12.8. The van der Waals surface area contributed by atoms with Crippen LogP contribution in [0.15, 0.2) is 18.2 Å². The lowest BCUT2D eigenvalue weighted by molar-refractivity contribution is 0.0584. The van der Waals surface area contributed by atoms with Gasteiger partial charge in [-0.1, -0.05) is 12.1 Å². The average Bonchev–Trinajstić information content (AvgIpc) is 2.26. The highest BCUT2D eigenvalue weighted by Gasteiger charge is 2.28. The third-order valence-corrected chi connectivity index (χ3v) is 3.45. The van der Waals surface area contributed by atoms with Gasteiger partial charge in [-0.3, -0.25) is 0 Å². The van der Waals surface area contributed by atoms with Crippen molar-refractivity contribution in [2.24, 2.45) is 0 Å². The van der Waals surface area contributed by atoms with Gasteiger partial charge in [0.25, 0.3) is 0 Å². The molecule has 1 fully saturated rings. The number of ether oxygens (including phenoxy) is 1. The van der Waals surface area contributed by atoms with Crippen LogP contribution < -0.4 is 10.1 Å². The number of rotatable bonds is 4. The minimum Gasteiger partial charge on any atom is -0.496 e. The Bertz CT molecular complexity index is 386. The quantitative estimate of drug-likeness (QED) is 0.840. The first-order valence-corrected chi connectivity index (χ1v) is 6.18. The van der Waals surface area contributed by atoms with Crippen molar-refractivity contribution >= 4 is 0 Å². The topological polar surface area (TPSA) is 41.5 Å². The first kappa shape index (κ1) is 12.4. The number of methoxy groups -OCH3 is 1. The highest BCUT2D eigenvalue weighted by molar-refractivity contribution is 5.39. The maximum atomic E-state index is 9.27. The van der Waals surface area contributed by atoms with Crippen LogP contribution in [0.3, 0.4) is 0 Å². The first-order chi connectivity index (χ1) is 8.10. The highest BCUT2D eigenvalue weighted by atomic mass is 16.5. The monoisotopic (exact) mass is 235 g/mol. The molecule has 3 heteroatoms. The van der Waals surface area contributed by atoms with Gasteiger partial charge in [0.1, 0.15) is 5.75 Å². The molecule has 1 unspecified atom stereocenters. The van der Waals surface area contributed by atoms with Crippen molar-refractivity contribution in [3.63, 3.8) is 0 Å². The van der Waals surface area contributed by atoms with Crippen LogP contribution in [0.2, 0.25) is 0 Å². The summed E-state index contributed by atoms with van der Waals surface area (Å²) < 4.78 is 5.41. The number of hydrogen-bond donors (Lipinski definition) is 2. The van der Waals surface area contributed by atoms with E-state index in [9.17, 15) is 5.11 Å². The van der Waals surface area contributed by atoms with Crippen LogP contribution in [0.25, 0.3) is 0 Å². The van der Waals surface area contributed by atoms with Gasteiger partial charge in [0, 0.05) is 17.6 Å². The standard InChI is InChI=1S/C14H21NO2/c1-9-4-5-13(14(6-9)17-3)10(2)15-11-7-12(16)8-11/h4-6,10-12,15-16H,7-8H2,1-3H3. The molecule has 0 saturated heterocycles. The van der Waals surface area contributed by atoms with Crippen molar-refractivity contribution in [2.45, 2.75) is 44.9 Å². The zero-order valence-electron chi connectivity index (χ0n) is 10.7. The molecule has 94 valence electrons. The van der Waals surface area contributed by atoms with E-state index in [4.69, 9.17) is 4.74 Å². The van der Waals surface area contributed by atoms with Crippen molar-refractivity contribution in [2.75, 3.05) is 7.11 Å². The normalized spacial score (nSPS) is 25.2. The predicted octanol–water partition coefficient (Wildman–Crippen LogP) is 2.18. The summed E-state index contributed by atoms with van der Waals surface area (Å²) >= 11 is 0. The molecule has 17 heavy (non-hydrogen) atoms. The summed E-state index contributed by atoms with van der Waals surface area (Å²) in [4.78, 5) is 0. The second-order valence-electron chi connectivity index (χ2n) is 4.96. The molecule has 1 aliphatic rings. The van der Waals surface area contributed by atoms with E-state index in [1.54, 1.807) is 7.11 Å². The molecule has 0 aromatic heterocycles. The van der Waals surface area contributed by atoms with E-state index in [0.29, 0.717) is 6.04 Å². The third kappa shape index (κ3) is 2.79. The van der Waals surface area contributed by atoms with Gasteiger partial charge in [-0.25, -0.2) is 0 Å². The molecule has 1 aromatic carbocycles. The molecular formula is C14H21NO2. The van der Waals surface area contributed by atoms with E-state index in [2.05, 4.69) is 37.4 Å². The van der Waals surface area contributed by atoms with Crippen molar-refractivity contribution in [3.05, 3.63) is 29.3 Å². The Kier molecular flexibility index (Phi) is 3.69. The van der Waals surface area contributed by atoms with Crippen LogP contribution in [0.1, 0.15) is 36.9 Å². The molecule has 2 rings (SSSR count). The van der Waals surface area contributed by atoms with Crippen LogP contribution in [0.5, 0.6) is 5.75 Å². The van der Waals surface area contributed by atoms with E-state index in [-0.39, 0.29) is 12.1 Å². The minimum atomic E-state index is -0.111. The van der Waals surface area contributed by atoms with Crippen molar-refractivity contribution in [3.8, 4) is 5.75 Å². The summed E-state index contributed by atoms with van der Waals surface area (Å²) in [7, 11) is 1.71. The smallest absolute Gasteiger partial charge is 0.123 e. The Morgan fingerprint density at radius 3 is 2.71 bits per heavy atom. The van der Waals surface area contributed by atoms with Gasteiger partial charge in [0.05, 0.1) is 13.2 Å². The molecule has 1 saturated carbocycles. The Morgan fingerprint density at radius 1 is 1.41 bits per heavy atom. The summed E-state index contributed by atoms with van der Waals surface area (Å²) in [6, 6.07) is 6.96. The second-order valence-corrected chi connectivity index (χ2v) is 4.96. The maximum absolute atomic E-state index is 9.27. The fourth-order valence-corrected chi connectivity index (χ4v) is 2.34. The number of aryl methyl sites for hydroxylation is 1. The van der Waals surface area contributed by atoms with Gasteiger partial charge in [0.2, 0.25) is 0 Å². The largest absolute Gasteiger partial charge is 0.496 e. The SMILES string of the molecule is COc1cc(C)ccc1C(C)NC1CC(O)C1. The van der Waals surface area contributed by atoms with Gasteiger partial charge in [-0.15, -0.1) is 0 Å². The summed E-state index contributed by atoms with van der Waals surface area (Å²) in [6.45, 7) is 4.20. The summed E-state index contributed by atoms with van der Waals surface area (Å²) in [5.41, 5.74) is 2.39. The lowest BCUT2D eigenvalue weighted by Crippen LogP contribution is -2.45. The van der Waals surface area contributed by atoms with Gasteiger partial charge in [0.15, 0.2) is 0 Å². The molecule has 0 amide bonds. The Balaban J connectivity index is 2.05. The lowest BCUT2D eigenvalue weighted by atomic mass is 9.88. The molecule has 0 heterocycles. The maximum Gasteiger partial charge on any atom is 0.123 e. The van der Waals surface area contributed by atoms with E-state index < -0.39 is 0 Å². The average molecular weight is 235 g/mol. The van der Waals surface area contributed by atoms with E-state index in [0.717, 1.165) is 18.6 Å². The Labute approximate surface area is 103 Å². The molecule has 1 aliphatic carbocycles. The first-order valence-electron chi connectivity index (χ1n) is 6.18. The molecular weight excluding hydrogens is 214 g/mol. The predicted molar refractivity (Wildman–Crippen MR) is 68.3 cm³/mol. The van der Waals surface area contributed by atoms with Gasteiger partial charge >= 0.3 is 0 Å². The van der Waals surface area contributed by atoms with Gasteiger partial charge in [-0.2, -0.15) is 0 Å². The zero-order chi connectivity index (χ0) is 12.4. The van der Waals surface area contributed by atoms with Crippen molar-refractivity contribution in [1.82, 2.24) is 5.32 Å². The fourth-order valence-electron chi connectivity index (χ4n) is 2.34. The number of nitrogens with one attached hydrogen (secondary N) is 1. The summed E-state index contributed by atoms with van der Waals surface area (Å²) in [5.74, 6) is 0.935. The number of aliphatic hydroxyl groups excluding tert-OH is 1. The molecule has 0 bridgehead atoms. The van der Waals surface area contributed by atoms with Crippen LogP contribution in [-0.4, -0.2) is 24.4 Å². The molecule has 2 N–H and O–H groups in total. The fraction of sp³-hybridized carbons (Fsp3) is 0.571. The Hall–Kier alpha value is -1.06. The zero-order valence-corrected chi connectivity index (χ0v) is 10.7. The highest BCUT2D eigenvalue weighted by Crippen LogP contribution is 2.29. The van der Waals surface area contributed by atoms with Crippen molar-refractivity contribution < 1.29 is 9.84 Å². The second kappa shape index (κ2) is 5.07. The third-order valence-electron chi connectivity index (χ3n) is 3.45. The molecule has 0 spiro atoms. The number of aliphatic hydroxyl groups is 1. The number of hydrogen-bond acceptors (Lipinski definition) is 3. The molecule has 0 aliphatic heterocycles. The molecule has 1 aromatic rings. The van der Waals surface area contributed by atoms with E-state index in [1.807, 2.05) is 0 Å². The van der Waals surface area contributed by atoms with E-state index in [1.165, 1.54) is 11.1 Å².